The van der Waals surface area contributed by atoms with E-state index in [1.807, 2.05) is 0 Å². The minimum atomic E-state index is 0.748. The van der Waals surface area contributed by atoms with Gasteiger partial charge in [-0.3, -0.25) is 0 Å². The predicted molar refractivity (Wildman–Crippen MR) is 83.8 cm³/mol. The summed E-state index contributed by atoms with van der Waals surface area (Å²) in [6.45, 7) is 7.89. The second kappa shape index (κ2) is 7.54. The Kier molecular flexibility index (Phi) is 5.71. The molecular formula is C17H28N2. The highest BCUT2D eigenvalue weighted by Crippen LogP contribution is 2.23. The van der Waals surface area contributed by atoms with Crippen LogP contribution in [0.2, 0.25) is 0 Å². The zero-order valence-electron chi connectivity index (χ0n) is 12.4. The molecule has 2 nitrogen and oxygen atoms in total. The van der Waals surface area contributed by atoms with Gasteiger partial charge in [0.15, 0.2) is 0 Å². The standard InChI is InChI=1S/C17H28N2/c1-3-19(17-10-5-4-6-11-17)13-12-18-16-9-7-8-15(2)14-16/h4-6,10-11,15-16,18H,3,7-9,12-14H2,1-2H3. The molecule has 1 N–H and O–H groups in total. The zero-order chi connectivity index (χ0) is 13.5. The van der Waals surface area contributed by atoms with Gasteiger partial charge in [-0.2, -0.15) is 0 Å². The molecule has 0 radical (unpaired) electrons. The average Bonchev–Trinajstić information content (AvgIpc) is 2.45. The van der Waals surface area contributed by atoms with Gasteiger partial charge in [0, 0.05) is 31.4 Å². The van der Waals surface area contributed by atoms with Crippen molar-refractivity contribution in [1.29, 1.82) is 0 Å². The van der Waals surface area contributed by atoms with E-state index >= 15 is 0 Å². The lowest BCUT2D eigenvalue weighted by Gasteiger charge is -2.29. The molecule has 1 aromatic carbocycles. The minimum absolute atomic E-state index is 0.748. The number of hydrogen-bond donors (Lipinski definition) is 1. The lowest BCUT2D eigenvalue weighted by atomic mass is 9.87. The fourth-order valence-corrected chi connectivity index (χ4v) is 3.13. The van der Waals surface area contributed by atoms with Crippen LogP contribution in [0.3, 0.4) is 0 Å². The first kappa shape index (κ1) is 14.4. The Morgan fingerprint density at radius 1 is 1.21 bits per heavy atom. The van der Waals surface area contributed by atoms with Gasteiger partial charge in [0.2, 0.25) is 0 Å². The number of rotatable bonds is 6. The quantitative estimate of drug-likeness (QED) is 0.839. The lowest BCUT2D eigenvalue weighted by molar-refractivity contribution is 0.303. The first-order valence-corrected chi connectivity index (χ1v) is 7.83. The fraction of sp³-hybridized carbons (Fsp3) is 0.647. The molecule has 1 aromatic rings. The van der Waals surface area contributed by atoms with Crippen molar-refractivity contribution in [3.05, 3.63) is 30.3 Å². The summed E-state index contributed by atoms with van der Waals surface area (Å²) in [5, 5.41) is 3.74. The van der Waals surface area contributed by atoms with Crippen molar-refractivity contribution in [3.8, 4) is 0 Å². The van der Waals surface area contributed by atoms with E-state index in [-0.39, 0.29) is 0 Å². The molecule has 0 spiro atoms. The Labute approximate surface area is 118 Å². The molecule has 2 heteroatoms. The highest BCUT2D eigenvalue weighted by Gasteiger charge is 2.18. The van der Waals surface area contributed by atoms with Crippen molar-refractivity contribution in [1.82, 2.24) is 5.32 Å². The zero-order valence-corrected chi connectivity index (χ0v) is 12.4. The Balaban J connectivity index is 1.74. The van der Waals surface area contributed by atoms with Crippen LogP contribution in [0.15, 0.2) is 30.3 Å². The number of para-hydroxylation sites is 1. The molecule has 19 heavy (non-hydrogen) atoms. The third-order valence-corrected chi connectivity index (χ3v) is 4.25. The molecule has 0 heterocycles. The van der Waals surface area contributed by atoms with Gasteiger partial charge in [0.25, 0.3) is 0 Å². The molecule has 0 amide bonds. The van der Waals surface area contributed by atoms with Crippen LogP contribution >= 0.6 is 0 Å². The normalized spacial score (nSPS) is 23.3. The number of benzene rings is 1. The maximum absolute atomic E-state index is 3.74. The molecule has 1 aliphatic carbocycles. The first-order chi connectivity index (χ1) is 9.29. The van der Waals surface area contributed by atoms with Crippen molar-refractivity contribution in [2.24, 2.45) is 5.92 Å². The van der Waals surface area contributed by atoms with Crippen LogP contribution in [0, 0.1) is 5.92 Å². The van der Waals surface area contributed by atoms with E-state index in [1.54, 1.807) is 0 Å². The molecule has 1 aliphatic rings. The number of hydrogen-bond acceptors (Lipinski definition) is 2. The maximum atomic E-state index is 3.74. The molecule has 106 valence electrons. The van der Waals surface area contributed by atoms with Crippen molar-refractivity contribution in [2.45, 2.75) is 45.6 Å². The largest absolute Gasteiger partial charge is 0.371 e. The summed E-state index contributed by atoms with van der Waals surface area (Å²) >= 11 is 0. The summed E-state index contributed by atoms with van der Waals surface area (Å²) in [7, 11) is 0. The second-order valence-corrected chi connectivity index (χ2v) is 5.84. The van der Waals surface area contributed by atoms with E-state index < -0.39 is 0 Å². The Morgan fingerprint density at radius 3 is 2.68 bits per heavy atom. The monoisotopic (exact) mass is 260 g/mol. The molecule has 1 saturated carbocycles. The van der Waals surface area contributed by atoms with Crippen molar-refractivity contribution >= 4 is 5.69 Å². The number of nitrogens with one attached hydrogen (secondary N) is 1. The second-order valence-electron chi connectivity index (χ2n) is 5.84. The van der Waals surface area contributed by atoms with Crippen molar-refractivity contribution in [2.75, 3.05) is 24.5 Å². The third-order valence-electron chi connectivity index (χ3n) is 4.25. The molecule has 2 atom stereocenters. The maximum Gasteiger partial charge on any atom is 0.0366 e. The number of likely N-dealkylation sites (N-methyl/N-ethyl adjacent to an activating group) is 1. The van der Waals surface area contributed by atoms with Gasteiger partial charge in [-0.25, -0.2) is 0 Å². The summed E-state index contributed by atoms with van der Waals surface area (Å²) in [5.41, 5.74) is 1.34. The molecule has 0 aliphatic heterocycles. The first-order valence-electron chi connectivity index (χ1n) is 7.83. The van der Waals surface area contributed by atoms with E-state index in [0.29, 0.717) is 0 Å². The smallest absolute Gasteiger partial charge is 0.0366 e. The summed E-state index contributed by atoms with van der Waals surface area (Å²) in [6.07, 6.45) is 5.54. The summed E-state index contributed by atoms with van der Waals surface area (Å²) in [5.74, 6) is 0.905. The van der Waals surface area contributed by atoms with Gasteiger partial charge in [0.1, 0.15) is 0 Å². The minimum Gasteiger partial charge on any atom is -0.371 e. The Bertz CT molecular complexity index is 350. The number of anilines is 1. The van der Waals surface area contributed by atoms with Gasteiger partial charge in [-0.1, -0.05) is 38.0 Å². The van der Waals surface area contributed by atoms with E-state index in [0.717, 1.165) is 31.6 Å². The third kappa shape index (κ3) is 4.54. The van der Waals surface area contributed by atoms with Gasteiger partial charge in [-0.15, -0.1) is 0 Å². The van der Waals surface area contributed by atoms with Crippen molar-refractivity contribution in [3.63, 3.8) is 0 Å². The number of nitrogens with zero attached hydrogens (tertiary/aromatic N) is 1. The van der Waals surface area contributed by atoms with E-state index in [4.69, 9.17) is 0 Å². The molecule has 0 bridgehead atoms. The topological polar surface area (TPSA) is 15.3 Å². The lowest BCUT2D eigenvalue weighted by Crippen LogP contribution is -2.39. The van der Waals surface area contributed by atoms with Crippen LogP contribution in [0.25, 0.3) is 0 Å². The Morgan fingerprint density at radius 2 is 2.00 bits per heavy atom. The molecular weight excluding hydrogens is 232 g/mol. The molecule has 2 unspecified atom stereocenters. The summed E-state index contributed by atoms with van der Waals surface area (Å²) in [6, 6.07) is 11.5. The average molecular weight is 260 g/mol. The van der Waals surface area contributed by atoms with Gasteiger partial charge in [-0.05, 0) is 37.8 Å². The molecule has 2 rings (SSSR count). The Hall–Kier alpha value is -1.02. The summed E-state index contributed by atoms with van der Waals surface area (Å²) < 4.78 is 0. The van der Waals surface area contributed by atoms with Crippen LogP contribution in [-0.4, -0.2) is 25.7 Å². The van der Waals surface area contributed by atoms with Gasteiger partial charge >= 0.3 is 0 Å². The van der Waals surface area contributed by atoms with E-state index in [1.165, 1.54) is 31.4 Å². The van der Waals surface area contributed by atoms with Crippen LogP contribution in [0.5, 0.6) is 0 Å². The summed E-state index contributed by atoms with van der Waals surface area (Å²) in [4.78, 5) is 2.44. The van der Waals surface area contributed by atoms with Crippen LogP contribution < -0.4 is 10.2 Å². The van der Waals surface area contributed by atoms with Crippen molar-refractivity contribution < 1.29 is 0 Å². The van der Waals surface area contributed by atoms with Gasteiger partial charge < -0.3 is 10.2 Å². The molecule has 0 saturated heterocycles. The SMILES string of the molecule is CCN(CCNC1CCCC(C)C1)c1ccccc1. The van der Waals surface area contributed by atoms with Crippen LogP contribution in [0.1, 0.15) is 39.5 Å². The van der Waals surface area contributed by atoms with E-state index in [9.17, 15) is 0 Å². The predicted octanol–water partition coefficient (Wildman–Crippen LogP) is 3.68. The fourth-order valence-electron chi connectivity index (χ4n) is 3.13. The van der Waals surface area contributed by atoms with Gasteiger partial charge in [0.05, 0.1) is 0 Å². The highest BCUT2D eigenvalue weighted by molar-refractivity contribution is 5.45. The molecule has 1 fully saturated rings. The highest BCUT2D eigenvalue weighted by atomic mass is 15.1. The molecule has 0 aromatic heterocycles. The van der Waals surface area contributed by atoms with E-state index in [2.05, 4.69) is 54.4 Å². The van der Waals surface area contributed by atoms with Crippen LogP contribution in [0.4, 0.5) is 5.69 Å². The van der Waals surface area contributed by atoms with Crippen LogP contribution in [-0.2, 0) is 0 Å².